The molecule has 35 heavy (non-hydrogen) atoms. The average Bonchev–Trinajstić information content (AvgIpc) is 2.83. The van der Waals surface area contributed by atoms with Crippen LogP contribution in [0.4, 0.5) is 18.9 Å². The van der Waals surface area contributed by atoms with E-state index in [4.69, 9.17) is 9.47 Å². The lowest BCUT2D eigenvalue weighted by atomic mass is 10.1. The van der Waals surface area contributed by atoms with Crippen LogP contribution >= 0.6 is 0 Å². The highest BCUT2D eigenvalue weighted by Gasteiger charge is 2.31. The molecule has 0 unspecified atom stereocenters. The fourth-order valence-electron chi connectivity index (χ4n) is 3.52. The van der Waals surface area contributed by atoms with Crippen LogP contribution in [0, 0.1) is 6.92 Å². The van der Waals surface area contributed by atoms with Gasteiger partial charge in [-0.05, 0) is 43.3 Å². The number of hydrogen-bond donors (Lipinski definition) is 1. The van der Waals surface area contributed by atoms with Gasteiger partial charge in [0.15, 0.2) is 5.75 Å². The molecule has 0 bridgehead atoms. The van der Waals surface area contributed by atoms with Gasteiger partial charge >= 0.3 is 6.18 Å². The molecule has 0 aliphatic rings. The van der Waals surface area contributed by atoms with Crippen LogP contribution in [0.25, 0.3) is 10.8 Å². The van der Waals surface area contributed by atoms with Gasteiger partial charge in [-0.25, -0.2) is 4.68 Å². The lowest BCUT2D eigenvalue weighted by molar-refractivity contribution is -0.137. The van der Waals surface area contributed by atoms with Crippen molar-refractivity contribution < 1.29 is 27.4 Å². The van der Waals surface area contributed by atoms with Crippen molar-refractivity contribution in [3.63, 3.8) is 0 Å². The van der Waals surface area contributed by atoms with Gasteiger partial charge in [-0.1, -0.05) is 24.3 Å². The van der Waals surface area contributed by atoms with Crippen LogP contribution in [0.3, 0.4) is 0 Å². The Morgan fingerprint density at radius 3 is 2.43 bits per heavy atom. The molecule has 4 aromatic rings. The summed E-state index contributed by atoms with van der Waals surface area (Å²) in [6.07, 6.45) is -4.64. The van der Waals surface area contributed by atoms with E-state index in [0.29, 0.717) is 28.0 Å². The van der Waals surface area contributed by atoms with Crippen molar-refractivity contribution in [1.82, 2.24) is 9.78 Å². The first-order valence-electron chi connectivity index (χ1n) is 10.4. The number of hydrogen-bond acceptors (Lipinski definition) is 5. The number of rotatable bonds is 6. The van der Waals surface area contributed by atoms with E-state index in [2.05, 4.69) is 10.4 Å². The number of nitrogens with one attached hydrogen (secondary N) is 1. The molecule has 0 radical (unpaired) electrons. The quantitative estimate of drug-likeness (QED) is 0.410. The number of aryl methyl sites for hydroxylation is 1. The number of benzene rings is 3. The van der Waals surface area contributed by atoms with Gasteiger partial charge < -0.3 is 14.8 Å². The van der Waals surface area contributed by atoms with Crippen LogP contribution in [-0.4, -0.2) is 22.8 Å². The summed E-state index contributed by atoms with van der Waals surface area (Å²) in [6.45, 7) is 1.20. The molecular formula is C25H20F3N3O4. The van der Waals surface area contributed by atoms with E-state index in [0.717, 1.165) is 22.9 Å². The fourth-order valence-corrected chi connectivity index (χ4v) is 3.52. The van der Waals surface area contributed by atoms with Crippen molar-refractivity contribution in [3.8, 4) is 17.2 Å². The minimum Gasteiger partial charge on any atom is -0.497 e. The van der Waals surface area contributed by atoms with Gasteiger partial charge in [0.2, 0.25) is 5.91 Å². The SMILES string of the molecule is COc1cccc(Oc2ccc(C(F)(F)F)cc2NC(=O)Cn2nc(C)c3ccccc3c2=O)c1. The first kappa shape index (κ1) is 23.8. The highest BCUT2D eigenvalue weighted by atomic mass is 19.4. The van der Waals surface area contributed by atoms with Gasteiger partial charge in [0.25, 0.3) is 5.56 Å². The van der Waals surface area contributed by atoms with Crippen LogP contribution in [-0.2, 0) is 17.5 Å². The van der Waals surface area contributed by atoms with E-state index in [1.54, 1.807) is 55.5 Å². The zero-order valence-electron chi connectivity index (χ0n) is 18.7. The molecule has 1 amide bonds. The highest BCUT2D eigenvalue weighted by molar-refractivity contribution is 5.92. The third kappa shape index (κ3) is 5.26. The van der Waals surface area contributed by atoms with Gasteiger partial charge in [-0.15, -0.1) is 0 Å². The third-order valence-electron chi connectivity index (χ3n) is 5.20. The lowest BCUT2D eigenvalue weighted by Gasteiger charge is -2.16. The Balaban J connectivity index is 1.65. The largest absolute Gasteiger partial charge is 0.497 e. The van der Waals surface area contributed by atoms with Gasteiger partial charge in [-0.2, -0.15) is 18.3 Å². The van der Waals surface area contributed by atoms with Gasteiger partial charge in [-0.3, -0.25) is 9.59 Å². The summed E-state index contributed by atoms with van der Waals surface area (Å²) in [4.78, 5) is 25.5. The fraction of sp³-hybridized carbons (Fsp3) is 0.160. The van der Waals surface area contributed by atoms with E-state index in [-0.39, 0.29) is 11.4 Å². The van der Waals surface area contributed by atoms with E-state index < -0.39 is 29.8 Å². The van der Waals surface area contributed by atoms with Crippen LogP contribution < -0.4 is 20.3 Å². The minimum atomic E-state index is -4.64. The number of carbonyl (C=O) groups is 1. The van der Waals surface area contributed by atoms with E-state index in [9.17, 15) is 22.8 Å². The van der Waals surface area contributed by atoms with Gasteiger partial charge in [0, 0.05) is 11.5 Å². The maximum atomic E-state index is 13.3. The number of methoxy groups -OCH3 is 1. The number of alkyl halides is 3. The van der Waals surface area contributed by atoms with Gasteiger partial charge in [0.1, 0.15) is 18.0 Å². The van der Waals surface area contributed by atoms with E-state index in [1.807, 2.05) is 0 Å². The lowest BCUT2D eigenvalue weighted by Crippen LogP contribution is -2.30. The molecule has 4 rings (SSSR count). The zero-order chi connectivity index (χ0) is 25.2. The second-order valence-corrected chi connectivity index (χ2v) is 7.63. The smallest absolute Gasteiger partial charge is 0.416 e. The summed E-state index contributed by atoms with van der Waals surface area (Å²) in [5.41, 5.74) is -1.13. The predicted octanol–water partition coefficient (Wildman–Crippen LogP) is 5.16. The van der Waals surface area contributed by atoms with E-state index >= 15 is 0 Å². The number of halogens is 3. The Labute approximate surface area is 197 Å². The maximum Gasteiger partial charge on any atom is 0.416 e. The number of fused-ring (bicyclic) bond motifs is 1. The number of amides is 1. The molecule has 1 heterocycles. The molecule has 0 fully saturated rings. The molecule has 3 aromatic carbocycles. The topological polar surface area (TPSA) is 82.4 Å². The Bertz CT molecular complexity index is 1460. The first-order valence-corrected chi connectivity index (χ1v) is 10.4. The number of nitrogens with zero attached hydrogens (tertiary/aromatic N) is 2. The Hall–Kier alpha value is -4.34. The van der Waals surface area contributed by atoms with Crippen LogP contribution in [0.1, 0.15) is 11.3 Å². The summed E-state index contributed by atoms with van der Waals surface area (Å²) in [7, 11) is 1.47. The number of aromatic nitrogens is 2. The predicted molar refractivity (Wildman–Crippen MR) is 124 cm³/mol. The molecule has 0 spiro atoms. The third-order valence-corrected chi connectivity index (χ3v) is 5.20. The van der Waals surface area contributed by atoms with Crippen molar-refractivity contribution in [3.05, 3.63) is 88.3 Å². The van der Waals surface area contributed by atoms with Crippen LogP contribution in [0.5, 0.6) is 17.2 Å². The molecule has 1 aromatic heterocycles. The first-order chi connectivity index (χ1) is 16.7. The highest BCUT2D eigenvalue weighted by Crippen LogP contribution is 2.37. The molecule has 180 valence electrons. The Kier molecular flexibility index (Phi) is 6.46. The van der Waals surface area contributed by atoms with Crippen molar-refractivity contribution >= 4 is 22.4 Å². The second kappa shape index (κ2) is 9.49. The van der Waals surface area contributed by atoms with Crippen molar-refractivity contribution in [2.24, 2.45) is 0 Å². The van der Waals surface area contributed by atoms with E-state index in [1.165, 1.54) is 7.11 Å². The van der Waals surface area contributed by atoms with Crippen molar-refractivity contribution in [2.45, 2.75) is 19.6 Å². The van der Waals surface area contributed by atoms with Crippen molar-refractivity contribution in [2.75, 3.05) is 12.4 Å². The number of ether oxygens (including phenoxy) is 2. The van der Waals surface area contributed by atoms with Crippen LogP contribution in [0.15, 0.2) is 71.5 Å². The zero-order valence-corrected chi connectivity index (χ0v) is 18.7. The normalized spacial score (nSPS) is 11.3. The number of anilines is 1. The molecule has 0 saturated carbocycles. The summed E-state index contributed by atoms with van der Waals surface area (Å²) in [6, 6.07) is 16.0. The Morgan fingerprint density at radius 1 is 1.00 bits per heavy atom. The summed E-state index contributed by atoms with van der Waals surface area (Å²) in [5, 5.41) is 7.62. The van der Waals surface area contributed by atoms with Crippen molar-refractivity contribution in [1.29, 1.82) is 0 Å². The molecular weight excluding hydrogens is 463 g/mol. The van der Waals surface area contributed by atoms with Crippen LogP contribution in [0.2, 0.25) is 0 Å². The monoisotopic (exact) mass is 483 g/mol. The Morgan fingerprint density at radius 2 is 1.71 bits per heavy atom. The standard InChI is InChI=1S/C25H20F3N3O4/c1-15-19-8-3-4-9-20(19)24(33)31(30-15)14-23(32)29-21-12-16(25(26,27)28)10-11-22(21)35-18-7-5-6-17(13-18)34-2/h3-13H,14H2,1-2H3,(H,29,32). The average molecular weight is 483 g/mol. The molecule has 0 saturated heterocycles. The number of carbonyl (C=O) groups excluding carboxylic acids is 1. The molecule has 0 aliphatic heterocycles. The summed E-state index contributed by atoms with van der Waals surface area (Å²) in [5.74, 6) is 0.0125. The summed E-state index contributed by atoms with van der Waals surface area (Å²) >= 11 is 0. The molecule has 0 aliphatic carbocycles. The molecule has 10 heteroatoms. The summed E-state index contributed by atoms with van der Waals surface area (Å²) < 4.78 is 51.8. The maximum absolute atomic E-state index is 13.3. The molecule has 1 N–H and O–H groups in total. The molecule has 0 atom stereocenters. The minimum absolute atomic E-state index is 0.0189. The van der Waals surface area contributed by atoms with Gasteiger partial charge in [0.05, 0.1) is 29.4 Å². The molecule has 7 nitrogen and oxygen atoms in total. The second-order valence-electron chi connectivity index (χ2n) is 7.63.